The molecule has 0 unspecified atom stereocenters. The van der Waals surface area contributed by atoms with Gasteiger partial charge in [0, 0.05) is 56.7 Å². The second-order valence-corrected chi connectivity index (χ2v) is 11.9. The lowest BCUT2D eigenvalue weighted by molar-refractivity contribution is -0.136. The maximum absolute atomic E-state index is 13.8. The zero-order valence-electron chi connectivity index (χ0n) is 25.2. The lowest BCUT2D eigenvalue weighted by Crippen LogP contribution is -2.55. The minimum atomic E-state index is -0.911. The van der Waals surface area contributed by atoms with Gasteiger partial charge in [-0.25, -0.2) is 18.9 Å². The van der Waals surface area contributed by atoms with Crippen LogP contribution in [0.4, 0.5) is 4.79 Å². The van der Waals surface area contributed by atoms with Gasteiger partial charge < -0.3 is 14.4 Å². The predicted octanol–water partition coefficient (Wildman–Crippen LogP) is 4.61. The lowest BCUT2D eigenvalue weighted by Gasteiger charge is -2.40. The first-order valence-corrected chi connectivity index (χ1v) is 15.0. The second-order valence-electron chi connectivity index (χ2n) is 10.9. The Kier molecular flexibility index (Phi) is 10.7. The van der Waals surface area contributed by atoms with Crippen LogP contribution in [0.5, 0.6) is 0 Å². The Hall–Kier alpha value is -4.03. The van der Waals surface area contributed by atoms with Crippen LogP contribution in [-0.4, -0.2) is 91.5 Å². The average molecular weight is 607 g/mol. The first kappa shape index (κ1) is 31.9. The minimum Gasteiger partial charge on any atom is -0.462 e. The van der Waals surface area contributed by atoms with Crippen LogP contribution in [0.3, 0.4) is 0 Å². The molecular formula is C31H38N6O5S. The van der Waals surface area contributed by atoms with E-state index in [1.54, 1.807) is 64.0 Å². The number of aromatic nitrogens is 3. The van der Waals surface area contributed by atoms with Crippen molar-refractivity contribution < 1.29 is 23.9 Å². The van der Waals surface area contributed by atoms with E-state index in [1.807, 2.05) is 36.4 Å². The van der Waals surface area contributed by atoms with Gasteiger partial charge in [-0.05, 0) is 71.0 Å². The van der Waals surface area contributed by atoms with E-state index >= 15 is 0 Å². The topological polar surface area (TPSA) is 118 Å². The van der Waals surface area contributed by atoms with Crippen LogP contribution in [0.1, 0.15) is 62.4 Å². The molecule has 0 saturated carbocycles. The number of ether oxygens (including phenoxy) is 2. The monoisotopic (exact) mass is 606 g/mol. The van der Waals surface area contributed by atoms with Crippen molar-refractivity contribution >= 4 is 29.9 Å². The third kappa shape index (κ3) is 8.29. The molecule has 12 heteroatoms. The number of carbonyl (C=O) groups excluding carboxylic acids is 3. The summed E-state index contributed by atoms with van der Waals surface area (Å²) < 4.78 is 12.1. The minimum absolute atomic E-state index is 0.156. The van der Waals surface area contributed by atoms with Crippen LogP contribution in [0, 0.1) is 0 Å². The number of esters is 1. The van der Waals surface area contributed by atoms with Crippen molar-refractivity contribution in [2.75, 3.05) is 32.8 Å². The highest BCUT2D eigenvalue weighted by molar-refractivity contribution is 7.97. The Balaban J connectivity index is 1.52. The van der Waals surface area contributed by atoms with Gasteiger partial charge in [0.1, 0.15) is 16.7 Å². The molecule has 0 radical (unpaired) electrons. The number of nitrogens with zero attached hydrogens (tertiary/aromatic N) is 6. The number of hydrogen-bond donors (Lipinski definition) is 0. The second kappa shape index (κ2) is 14.4. The highest BCUT2D eigenvalue weighted by Gasteiger charge is 2.37. The van der Waals surface area contributed by atoms with E-state index in [4.69, 9.17) is 9.47 Å². The smallest absolute Gasteiger partial charge is 0.421 e. The average Bonchev–Trinajstić information content (AvgIpc) is 3.00. The molecule has 43 heavy (non-hydrogen) atoms. The summed E-state index contributed by atoms with van der Waals surface area (Å²) in [5.41, 5.74) is 1.17. The highest BCUT2D eigenvalue weighted by atomic mass is 32.2. The molecule has 4 rings (SSSR count). The van der Waals surface area contributed by atoms with Gasteiger partial charge in [0.05, 0.1) is 29.6 Å². The van der Waals surface area contributed by atoms with E-state index in [2.05, 4.69) is 19.9 Å². The maximum Gasteiger partial charge on any atom is 0.421 e. The van der Waals surface area contributed by atoms with Gasteiger partial charge in [-0.1, -0.05) is 12.1 Å². The Labute approximate surface area is 256 Å². The largest absolute Gasteiger partial charge is 0.462 e. The summed E-state index contributed by atoms with van der Waals surface area (Å²) in [6.07, 6.45) is 4.35. The molecule has 3 aromatic rings. The van der Waals surface area contributed by atoms with Crippen molar-refractivity contribution in [3.8, 4) is 0 Å². The molecular weight excluding hydrogens is 568 g/mol. The van der Waals surface area contributed by atoms with Crippen molar-refractivity contribution in [3.63, 3.8) is 0 Å². The SMILES string of the molecule is CCOC(=O)c1cccnc1SN(C(=O)OC(C)(C)C)[C@H](C)C(=O)N1CCN(C(c2ccccn2)c2ccccn2)CC1. The summed E-state index contributed by atoms with van der Waals surface area (Å²) in [5.74, 6) is -0.799. The fourth-order valence-electron chi connectivity index (χ4n) is 4.67. The molecule has 4 heterocycles. The van der Waals surface area contributed by atoms with Crippen LogP contribution in [0.2, 0.25) is 0 Å². The number of piperazine rings is 1. The molecule has 0 N–H and O–H groups in total. The van der Waals surface area contributed by atoms with Gasteiger partial charge in [-0.15, -0.1) is 0 Å². The quantitative estimate of drug-likeness (QED) is 0.252. The van der Waals surface area contributed by atoms with Crippen LogP contribution >= 0.6 is 11.9 Å². The molecule has 11 nitrogen and oxygen atoms in total. The van der Waals surface area contributed by atoms with Gasteiger partial charge in [0.15, 0.2) is 0 Å². The summed E-state index contributed by atoms with van der Waals surface area (Å²) in [4.78, 5) is 57.3. The molecule has 1 saturated heterocycles. The van der Waals surface area contributed by atoms with E-state index in [0.717, 1.165) is 23.3 Å². The van der Waals surface area contributed by atoms with Crippen molar-refractivity contribution in [2.24, 2.45) is 0 Å². The molecule has 1 atom stereocenters. The fraction of sp³-hybridized carbons (Fsp3) is 0.419. The Morgan fingerprint density at radius 3 is 2.05 bits per heavy atom. The van der Waals surface area contributed by atoms with Crippen molar-refractivity contribution in [2.45, 2.75) is 57.3 Å². The highest BCUT2D eigenvalue weighted by Crippen LogP contribution is 2.31. The molecule has 0 spiro atoms. The zero-order chi connectivity index (χ0) is 31.0. The molecule has 3 aromatic heterocycles. The normalized spacial score (nSPS) is 14.7. The molecule has 1 aliphatic heterocycles. The molecule has 0 aromatic carbocycles. The number of hydrogen-bond acceptors (Lipinski definition) is 10. The summed E-state index contributed by atoms with van der Waals surface area (Å²) >= 11 is 0.891. The Bertz CT molecular complexity index is 1340. The van der Waals surface area contributed by atoms with E-state index in [9.17, 15) is 14.4 Å². The number of rotatable bonds is 9. The van der Waals surface area contributed by atoms with Crippen molar-refractivity contribution in [3.05, 3.63) is 84.1 Å². The van der Waals surface area contributed by atoms with Gasteiger partial charge in [-0.2, -0.15) is 0 Å². The lowest BCUT2D eigenvalue weighted by atomic mass is 10.1. The fourth-order valence-corrected chi connectivity index (χ4v) is 5.57. The van der Waals surface area contributed by atoms with E-state index < -0.39 is 23.7 Å². The summed E-state index contributed by atoms with van der Waals surface area (Å²) in [6, 6.07) is 13.8. The van der Waals surface area contributed by atoms with E-state index in [0.29, 0.717) is 26.2 Å². The van der Waals surface area contributed by atoms with Gasteiger partial charge in [0.25, 0.3) is 0 Å². The van der Waals surface area contributed by atoms with Crippen LogP contribution in [0.15, 0.2) is 72.1 Å². The standard InChI is InChI=1S/C31H38N6O5S/c1-6-41-29(39)23-12-11-17-34-27(23)43-37(30(40)42-31(3,4)5)22(2)28(38)36-20-18-35(19-21-36)26(24-13-7-9-15-32-24)25-14-8-10-16-33-25/h7-17,22,26H,6,18-21H2,1-5H3/t22-/m1/s1. The van der Waals surface area contributed by atoms with Gasteiger partial charge >= 0.3 is 12.1 Å². The van der Waals surface area contributed by atoms with E-state index in [-0.39, 0.29) is 29.1 Å². The number of pyridine rings is 3. The van der Waals surface area contributed by atoms with Crippen LogP contribution in [-0.2, 0) is 14.3 Å². The molecule has 0 bridgehead atoms. The summed E-state index contributed by atoms with van der Waals surface area (Å²) in [6.45, 7) is 10.9. The van der Waals surface area contributed by atoms with Crippen LogP contribution < -0.4 is 0 Å². The predicted molar refractivity (Wildman–Crippen MR) is 162 cm³/mol. The third-order valence-corrected chi connectivity index (χ3v) is 7.82. The molecule has 0 aliphatic carbocycles. The summed E-state index contributed by atoms with van der Waals surface area (Å²) in [5, 5.41) is 0.241. The Morgan fingerprint density at radius 2 is 1.51 bits per heavy atom. The van der Waals surface area contributed by atoms with Gasteiger partial charge in [-0.3, -0.25) is 19.7 Å². The molecule has 1 fully saturated rings. The number of carbonyl (C=O) groups is 3. The zero-order valence-corrected chi connectivity index (χ0v) is 26.0. The number of amides is 2. The molecule has 2 amide bonds. The first-order chi connectivity index (χ1) is 20.6. The summed E-state index contributed by atoms with van der Waals surface area (Å²) in [7, 11) is 0. The first-order valence-electron chi connectivity index (χ1n) is 14.3. The molecule has 228 valence electrons. The maximum atomic E-state index is 13.8. The van der Waals surface area contributed by atoms with Gasteiger partial charge in [0.2, 0.25) is 5.91 Å². The Morgan fingerprint density at radius 1 is 0.907 bits per heavy atom. The van der Waals surface area contributed by atoms with Crippen molar-refractivity contribution in [1.29, 1.82) is 0 Å². The van der Waals surface area contributed by atoms with E-state index in [1.165, 1.54) is 10.5 Å². The van der Waals surface area contributed by atoms with Crippen molar-refractivity contribution in [1.82, 2.24) is 29.1 Å². The third-order valence-electron chi connectivity index (χ3n) is 6.66. The van der Waals surface area contributed by atoms with Crippen LogP contribution in [0.25, 0.3) is 0 Å². The molecule has 1 aliphatic rings.